The molecule has 1 amide bonds. The highest BCUT2D eigenvalue weighted by molar-refractivity contribution is 6.11. The van der Waals surface area contributed by atoms with Gasteiger partial charge in [-0.1, -0.05) is 26.0 Å². The molecule has 0 N–H and O–H groups in total. The first-order valence-corrected chi connectivity index (χ1v) is 11.8. The number of nitrogens with zero attached hydrogens (tertiary/aromatic N) is 2. The monoisotopic (exact) mass is 454 g/mol. The summed E-state index contributed by atoms with van der Waals surface area (Å²) < 4.78 is 11.1. The molecular weight excluding hydrogens is 420 g/mol. The fourth-order valence-corrected chi connectivity index (χ4v) is 5.36. The summed E-state index contributed by atoms with van der Waals surface area (Å²) in [5, 5.41) is 0. The molecule has 7 heteroatoms. The van der Waals surface area contributed by atoms with Gasteiger partial charge in [-0.3, -0.25) is 9.59 Å². The number of fused-ring (bicyclic) bond motifs is 1. The van der Waals surface area contributed by atoms with E-state index in [1.165, 1.54) is 7.11 Å². The van der Waals surface area contributed by atoms with Gasteiger partial charge in [-0.2, -0.15) is 0 Å². The number of methoxy groups -OCH3 is 1. The van der Waals surface area contributed by atoms with Gasteiger partial charge in [0, 0.05) is 6.54 Å². The van der Waals surface area contributed by atoms with E-state index >= 15 is 0 Å². The summed E-state index contributed by atoms with van der Waals surface area (Å²) in [5.41, 5.74) is 1.72. The number of rotatable bonds is 6. The number of benzene rings is 1. The van der Waals surface area contributed by atoms with Gasteiger partial charge in [-0.15, -0.1) is 0 Å². The maximum absolute atomic E-state index is 13.8. The molecule has 0 aromatic heterocycles. The number of Topliss-reactive ketones (excluding diaryl/α,β-unsaturated/α-hetero) is 1. The topological polar surface area (TPSA) is 76.1 Å². The van der Waals surface area contributed by atoms with Crippen LogP contribution >= 0.6 is 0 Å². The molecule has 3 aliphatic rings. The van der Waals surface area contributed by atoms with Crippen LogP contribution in [0.1, 0.15) is 55.1 Å². The van der Waals surface area contributed by atoms with E-state index in [2.05, 4.69) is 18.7 Å². The molecule has 1 saturated carbocycles. The van der Waals surface area contributed by atoms with Crippen molar-refractivity contribution in [3.8, 4) is 0 Å². The Morgan fingerprint density at radius 3 is 2.42 bits per heavy atom. The van der Waals surface area contributed by atoms with Crippen molar-refractivity contribution in [2.24, 2.45) is 17.8 Å². The molecule has 0 spiro atoms. The van der Waals surface area contributed by atoms with Crippen LogP contribution in [0.4, 0.5) is 0 Å². The molecule has 33 heavy (non-hydrogen) atoms. The zero-order valence-electron chi connectivity index (χ0n) is 20.2. The lowest BCUT2D eigenvalue weighted by molar-refractivity contribution is -0.137. The molecule has 5 atom stereocenters. The lowest BCUT2D eigenvalue weighted by Gasteiger charge is -2.40. The summed E-state index contributed by atoms with van der Waals surface area (Å²) >= 11 is 0. The molecule has 1 fully saturated rings. The minimum Gasteiger partial charge on any atom is -0.483 e. The second-order valence-electron chi connectivity index (χ2n) is 9.97. The smallest absolute Gasteiger partial charge is 0.337 e. The Hall–Kier alpha value is -2.67. The van der Waals surface area contributed by atoms with Crippen LogP contribution in [0.25, 0.3) is 0 Å². The van der Waals surface area contributed by atoms with Crippen molar-refractivity contribution >= 4 is 17.7 Å². The molecular formula is C26H34N2O5. The summed E-state index contributed by atoms with van der Waals surface area (Å²) in [6.45, 7) is 5.73. The summed E-state index contributed by atoms with van der Waals surface area (Å²) in [4.78, 5) is 43.0. The number of hydrogen-bond donors (Lipinski definition) is 0. The highest BCUT2D eigenvalue weighted by Crippen LogP contribution is 2.48. The number of hydrogen-bond acceptors (Lipinski definition) is 6. The Bertz CT molecular complexity index is 967. The minimum atomic E-state index is -0.496. The highest BCUT2D eigenvalue weighted by atomic mass is 16.5. The average molecular weight is 455 g/mol. The Balaban J connectivity index is 1.70. The van der Waals surface area contributed by atoms with Crippen LogP contribution in [0, 0.1) is 17.8 Å². The molecule has 0 bridgehead atoms. The van der Waals surface area contributed by atoms with E-state index in [0.29, 0.717) is 29.5 Å². The lowest BCUT2D eigenvalue weighted by atomic mass is 9.70. The minimum absolute atomic E-state index is 0.0468. The Kier molecular flexibility index (Phi) is 6.61. The van der Waals surface area contributed by atoms with E-state index in [1.807, 2.05) is 26.2 Å². The van der Waals surface area contributed by atoms with Crippen LogP contribution in [0.3, 0.4) is 0 Å². The Labute approximate surface area is 195 Å². The van der Waals surface area contributed by atoms with Gasteiger partial charge in [0.15, 0.2) is 11.5 Å². The Morgan fingerprint density at radius 1 is 1.12 bits per heavy atom. The number of carbonyl (C=O) groups is 3. The third-order valence-corrected chi connectivity index (χ3v) is 7.46. The third kappa shape index (κ3) is 4.31. The van der Waals surface area contributed by atoms with Crippen LogP contribution in [0.15, 0.2) is 35.6 Å². The quantitative estimate of drug-likeness (QED) is 0.615. The first-order chi connectivity index (χ1) is 15.7. The first-order valence-electron chi connectivity index (χ1n) is 11.8. The van der Waals surface area contributed by atoms with E-state index in [9.17, 15) is 14.4 Å². The summed E-state index contributed by atoms with van der Waals surface area (Å²) in [6, 6.07) is 6.49. The van der Waals surface area contributed by atoms with E-state index < -0.39 is 12.0 Å². The molecule has 178 valence electrons. The second kappa shape index (κ2) is 9.29. The van der Waals surface area contributed by atoms with Crippen LogP contribution in [-0.4, -0.2) is 67.9 Å². The predicted octanol–water partition coefficient (Wildman–Crippen LogP) is 3.21. The van der Waals surface area contributed by atoms with Gasteiger partial charge < -0.3 is 19.3 Å². The molecule has 5 unspecified atom stereocenters. The maximum atomic E-state index is 13.8. The molecule has 1 aromatic rings. The number of carbonyl (C=O) groups excluding carboxylic acids is 3. The van der Waals surface area contributed by atoms with Gasteiger partial charge in [-0.05, 0) is 69.4 Å². The van der Waals surface area contributed by atoms with Crippen molar-refractivity contribution in [1.82, 2.24) is 9.80 Å². The fraction of sp³-hybridized carbons (Fsp3) is 0.577. The predicted molar refractivity (Wildman–Crippen MR) is 123 cm³/mol. The molecule has 1 aromatic carbocycles. The van der Waals surface area contributed by atoms with Crippen molar-refractivity contribution in [2.45, 2.75) is 45.3 Å². The maximum Gasteiger partial charge on any atom is 0.337 e. The molecule has 0 saturated heterocycles. The van der Waals surface area contributed by atoms with Gasteiger partial charge >= 0.3 is 5.97 Å². The average Bonchev–Trinajstić information content (AvgIpc) is 3.06. The number of esters is 1. The summed E-state index contributed by atoms with van der Waals surface area (Å²) in [6.07, 6.45) is 2.13. The number of amides is 1. The van der Waals surface area contributed by atoms with Gasteiger partial charge in [0.2, 0.25) is 0 Å². The van der Waals surface area contributed by atoms with Crippen molar-refractivity contribution in [3.63, 3.8) is 0 Å². The summed E-state index contributed by atoms with van der Waals surface area (Å²) in [5.74, 6) is 0.338. The molecule has 4 rings (SSSR count). The van der Waals surface area contributed by atoms with Crippen LogP contribution < -0.4 is 0 Å². The van der Waals surface area contributed by atoms with E-state index in [0.717, 1.165) is 31.4 Å². The second-order valence-corrected chi connectivity index (χ2v) is 9.97. The van der Waals surface area contributed by atoms with E-state index in [4.69, 9.17) is 9.47 Å². The summed E-state index contributed by atoms with van der Waals surface area (Å²) in [7, 11) is 5.34. The number of ketones is 1. The van der Waals surface area contributed by atoms with Crippen molar-refractivity contribution in [1.29, 1.82) is 0 Å². The number of ether oxygens (including phenoxy) is 2. The molecule has 2 heterocycles. The van der Waals surface area contributed by atoms with Crippen molar-refractivity contribution in [3.05, 3.63) is 46.7 Å². The third-order valence-electron chi connectivity index (χ3n) is 7.46. The zero-order valence-corrected chi connectivity index (χ0v) is 20.2. The molecule has 0 radical (unpaired) electrons. The van der Waals surface area contributed by atoms with Gasteiger partial charge in [0.25, 0.3) is 5.91 Å². The SMILES string of the molecule is COC(=O)c1ccc(C2C3=C(OC4CC(C)C(C)CC4C3=O)C(=O)N2CCCN(C)C)cc1. The van der Waals surface area contributed by atoms with E-state index in [1.54, 1.807) is 17.0 Å². The lowest BCUT2D eigenvalue weighted by Crippen LogP contribution is -2.43. The normalized spacial score (nSPS) is 29.2. The zero-order chi connectivity index (χ0) is 23.9. The van der Waals surface area contributed by atoms with E-state index in [-0.39, 0.29) is 29.5 Å². The molecule has 1 aliphatic carbocycles. The Morgan fingerprint density at radius 2 is 1.79 bits per heavy atom. The van der Waals surface area contributed by atoms with Gasteiger partial charge in [-0.25, -0.2) is 4.79 Å². The van der Waals surface area contributed by atoms with Crippen molar-refractivity contribution in [2.75, 3.05) is 34.3 Å². The highest BCUT2D eigenvalue weighted by Gasteiger charge is 2.53. The molecule has 7 nitrogen and oxygen atoms in total. The standard InChI is InChI=1S/C26H34N2O5/c1-15-13-19-20(14-16(15)2)33-24-21(23(19)29)22(28(25(24)30)12-6-11-27(3)4)17-7-9-18(10-8-17)26(31)32-5/h7-10,15-16,19-20,22H,6,11-14H2,1-5H3. The van der Waals surface area contributed by atoms with Crippen LogP contribution in [0.5, 0.6) is 0 Å². The van der Waals surface area contributed by atoms with Gasteiger partial charge in [0.1, 0.15) is 6.10 Å². The van der Waals surface area contributed by atoms with Crippen LogP contribution in [0.2, 0.25) is 0 Å². The van der Waals surface area contributed by atoms with Crippen molar-refractivity contribution < 1.29 is 23.9 Å². The fourth-order valence-electron chi connectivity index (χ4n) is 5.36. The van der Waals surface area contributed by atoms with Gasteiger partial charge in [0.05, 0.1) is 30.2 Å². The largest absolute Gasteiger partial charge is 0.483 e. The first kappa shape index (κ1) is 23.5. The van der Waals surface area contributed by atoms with Crippen LogP contribution in [-0.2, 0) is 19.1 Å². The molecule has 2 aliphatic heterocycles.